The number of nitrogen functional groups attached to an aromatic ring is 1. The number of nitrogens with two attached hydrogens (primary N) is 1. The Balaban J connectivity index is 2.41. The van der Waals surface area contributed by atoms with Gasteiger partial charge in [0.05, 0.1) is 23.2 Å². The molecule has 0 amide bonds. The summed E-state index contributed by atoms with van der Waals surface area (Å²) in [6.45, 7) is 6.05. The molecule has 0 bridgehead atoms. The van der Waals surface area contributed by atoms with Crippen LogP contribution >= 0.6 is 0 Å². The molecule has 0 aliphatic carbocycles. The van der Waals surface area contributed by atoms with Crippen LogP contribution in [0.25, 0.3) is 0 Å². The van der Waals surface area contributed by atoms with E-state index in [1.54, 1.807) is 4.68 Å². The van der Waals surface area contributed by atoms with E-state index >= 15 is 0 Å². The highest BCUT2D eigenvalue weighted by Crippen LogP contribution is 2.32. The van der Waals surface area contributed by atoms with Crippen LogP contribution in [0.4, 0.5) is 5.82 Å². The lowest BCUT2D eigenvalue weighted by Gasteiger charge is -2.22. The second-order valence-electron chi connectivity index (χ2n) is 5.57. The van der Waals surface area contributed by atoms with Gasteiger partial charge in [-0.2, -0.15) is 0 Å². The second kappa shape index (κ2) is 3.69. The van der Waals surface area contributed by atoms with Crippen molar-refractivity contribution in [2.75, 3.05) is 17.2 Å². The van der Waals surface area contributed by atoms with Crippen molar-refractivity contribution in [3.63, 3.8) is 0 Å². The molecular formula is C10H18N4O2S. The maximum absolute atomic E-state index is 11.5. The number of nitrogens with zero attached hydrogens (tertiary/aromatic N) is 3. The van der Waals surface area contributed by atoms with Crippen LogP contribution in [0.2, 0.25) is 0 Å². The van der Waals surface area contributed by atoms with Crippen LogP contribution in [0.1, 0.15) is 38.9 Å². The predicted molar refractivity (Wildman–Crippen MR) is 65.4 cm³/mol. The van der Waals surface area contributed by atoms with Crippen molar-refractivity contribution < 1.29 is 8.42 Å². The number of sulfone groups is 1. The summed E-state index contributed by atoms with van der Waals surface area (Å²) in [4.78, 5) is 0. The minimum absolute atomic E-state index is 0.126. The zero-order chi connectivity index (χ0) is 12.8. The lowest BCUT2D eigenvalue weighted by molar-refractivity contribution is 0.423. The summed E-state index contributed by atoms with van der Waals surface area (Å²) in [6.07, 6.45) is 0.591. The third-order valence-electron chi connectivity index (χ3n) is 2.99. The summed E-state index contributed by atoms with van der Waals surface area (Å²) in [7, 11) is -2.93. The van der Waals surface area contributed by atoms with Gasteiger partial charge >= 0.3 is 0 Å². The smallest absolute Gasteiger partial charge is 0.169 e. The van der Waals surface area contributed by atoms with E-state index in [4.69, 9.17) is 5.73 Å². The molecule has 1 saturated heterocycles. The third-order valence-corrected chi connectivity index (χ3v) is 4.74. The van der Waals surface area contributed by atoms with E-state index in [1.807, 2.05) is 20.8 Å². The molecule has 1 aromatic rings. The summed E-state index contributed by atoms with van der Waals surface area (Å²) in [5, 5.41) is 7.88. The normalized spacial score (nSPS) is 24.1. The van der Waals surface area contributed by atoms with Crippen molar-refractivity contribution in [3.8, 4) is 0 Å². The Hall–Kier alpha value is -1.11. The Morgan fingerprint density at radius 1 is 1.41 bits per heavy atom. The van der Waals surface area contributed by atoms with Gasteiger partial charge in [0.1, 0.15) is 0 Å². The Kier molecular flexibility index (Phi) is 2.68. The molecule has 1 unspecified atom stereocenters. The first kappa shape index (κ1) is 12.3. The Morgan fingerprint density at radius 2 is 2.06 bits per heavy atom. The van der Waals surface area contributed by atoms with E-state index in [0.717, 1.165) is 5.69 Å². The molecule has 1 aliphatic rings. The molecule has 17 heavy (non-hydrogen) atoms. The SMILES string of the molecule is CC(C)(C)c1c(N)nnn1C1CCS(=O)(=O)C1. The number of anilines is 1. The fourth-order valence-electron chi connectivity index (χ4n) is 2.26. The molecule has 1 fully saturated rings. The summed E-state index contributed by atoms with van der Waals surface area (Å²) in [5.74, 6) is 0.752. The van der Waals surface area contributed by atoms with E-state index in [9.17, 15) is 8.42 Å². The molecule has 6 nitrogen and oxygen atoms in total. The minimum atomic E-state index is -2.93. The monoisotopic (exact) mass is 258 g/mol. The van der Waals surface area contributed by atoms with Gasteiger partial charge < -0.3 is 5.73 Å². The lowest BCUT2D eigenvalue weighted by atomic mass is 9.91. The molecule has 0 radical (unpaired) electrons. The van der Waals surface area contributed by atoms with Crippen molar-refractivity contribution in [2.45, 2.75) is 38.6 Å². The van der Waals surface area contributed by atoms with Gasteiger partial charge in [-0.05, 0) is 6.42 Å². The summed E-state index contributed by atoms with van der Waals surface area (Å²) < 4.78 is 24.7. The van der Waals surface area contributed by atoms with Crippen molar-refractivity contribution in [2.24, 2.45) is 0 Å². The van der Waals surface area contributed by atoms with Gasteiger partial charge in [0, 0.05) is 5.41 Å². The first-order chi connectivity index (χ1) is 7.71. The van der Waals surface area contributed by atoms with Crippen LogP contribution in [0.15, 0.2) is 0 Å². The van der Waals surface area contributed by atoms with Gasteiger partial charge in [-0.3, -0.25) is 0 Å². The average molecular weight is 258 g/mol. The first-order valence-electron chi connectivity index (χ1n) is 5.62. The molecule has 2 heterocycles. The lowest BCUT2D eigenvalue weighted by Crippen LogP contribution is -2.23. The zero-order valence-corrected chi connectivity index (χ0v) is 11.2. The maximum Gasteiger partial charge on any atom is 0.169 e. The molecule has 1 aliphatic heterocycles. The topological polar surface area (TPSA) is 90.9 Å². The Bertz CT molecular complexity index is 527. The fourth-order valence-corrected chi connectivity index (χ4v) is 3.95. The van der Waals surface area contributed by atoms with Crippen LogP contribution in [0, 0.1) is 0 Å². The molecule has 0 aromatic carbocycles. The predicted octanol–water partition coefficient (Wildman–Crippen LogP) is 0.517. The zero-order valence-electron chi connectivity index (χ0n) is 10.3. The number of hydrogen-bond acceptors (Lipinski definition) is 5. The highest BCUT2D eigenvalue weighted by molar-refractivity contribution is 7.91. The van der Waals surface area contributed by atoms with Crippen LogP contribution in [0.3, 0.4) is 0 Å². The standard InChI is InChI=1S/C10H18N4O2S/c1-10(2,3)8-9(11)12-13-14(8)7-4-5-17(15,16)6-7/h7H,4-6,11H2,1-3H3. The van der Waals surface area contributed by atoms with Crippen molar-refractivity contribution in [3.05, 3.63) is 5.69 Å². The average Bonchev–Trinajstić information content (AvgIpc) is 2.67. The number of rotatable bonds is 1. The first-order valence-corrected chi connectivity index (χ1v) is 7.44. The number of hydrogen-bond donors (Lipinski definition) is 1. The molecular weight excluding hydrogens is 240 g/mol. The van der Waals surface area contributed by atoms with Gasteiger partial charge in [0.15, 0.2) is 15.7 Å². The van der Waals surface area contributed by atoms with Crippen LogP contribution in [-0.4, -0.2) is 34.9 Å². The van der Waals surface area contributed by atoms with E-state index in [-0.39, 0.29) is 23.0 Å². The molecule has 96 valence electrons. The van der Waals surface area contributed by atoms with E-state index in [0.29, 0.717) is 12.2 Å². The number of aromatic nitrogens is 3. The minimum Gasteiger partial charge on any atom is -0.381 e. The molecule has 2 N–H and O–H groups in total. The third kappa shape index (κ3) is 2.29. The van der Waals surface area contributed by atoms with Crippen LogP contribution < -0.4 is 5.73 Å². The van der Waals surface area contributed by atoms with Crippen molar-refractivity contribution >= 4 is 15.7 Å². The summed E-state index contributed by atoms with van der Waals surface area (Å²) >= 11 is 0. The quantitative estimate of drug-likeness (QED) is 0.793. The molecule has 1 atom stereocenters. The van der Waals surface area contributed by atoms with Gasteiger partial charge in [-0.15, -0.1) is 5.10 Å². The van der Waals surface area contributed by atoms with Gasteiger partial charge in [0.2, 0.25) is 0 Å². The van der Waals surface area contributed by atoms with Crippen molar-refractivity contribution in [1.82, 2.24) is 15.0 Å². The summed E-state index contributed by atoms with van der Waals surface area (Å²) in [6, 6.07) is -0.126. The maximum atomic E-state index is 11.5. The highest BCUT2D eigenvalue weighted by atomic mass is 32.2. The van der Waals surface area contributed by atoms with E-state index < -0.39 is 9.84 Å². The Morgan fingerprint density at radius 3 is 2.53 bits per heavy atom. The van der Waals surface area contributed by atoms with E-state index in [1.165, 1.54) is 0 Å². The van der Waals surface area contributed by atoms with E-state index in [2.05, 4.69) is 10.3 Å². The molecule has 7 heteroatoms. The molecule has 2 rings (SSSR count). The van der Waals surface area contributed by atoms with Crippen LogP contribution in [-0.2, 0) is 15.3 Å². The fraction of sp³-hybridized carbons (Fsp3) is 0.800. The molecule has 0 spiro atoms. The largest absolute Gasteiger partial charge is 0.381 e. The molecule has 0 saturated carbocycles. The van der Waals surface area contributed by atoms with Crippen LogP contribution in [0.5, 0.6) is 0 Å². The summed E-state index contributed by atoms with van der Waals surface area (Å²) in [5.41, 5.74) is 6.44. The van der Waals surface area contributed by atoms with Gasteiger partial charge in [-0.25, -0.2) is 13.1 Å². The van der Waals surface area contributed by atoms with Gasteiger partial charge in [-0.1, -0.05) is 26.0 Å². The Labute approximate surface area is 101 Å². The molecule has 1 aromatic heterocycles. The van der Waals surface area contributed by atoms with Crippen molar-refractivity contribution in [1.29, 1.82) is 0 Å². The van der Waals surface area contributed by atoms with Gasteiger partial charge in [0.25, 0.3) is 0 Å². The second-order valence-corrected chi connectivity index (χ2v) is 7.80. The highest BCUT2D eigenvalue weighted by Gasteiger charge is 2.34.